The van der Waals surface area contributed by atoms with Crippen LogP contribution >= 0.6 is 0 Å². The lowest BCUT2D eigenvalue weighted by Crippen LogP contribution is -2.25. The lowest BCUT2D eigenvalue weighted by molar-refractivity contribution is 0.244. The van der Waals surface area contributed by atoms with Gasteiger partial charge in [-0.15, -0.1) is 0 Å². The minimum Gasteiger partial charge on any atom is -0.227 e. The first kappa shape index (κ1) is 5.06. The van der Waals surface area contributed by atoms with E-state index in [0.29, 0.717) is 6.04 Å². The van der Waals surface area contributed by atoms with Crippen LogP contribution in [0.25, 0.3) is 0 Å². The van der Waals surface area contributed by atoms with E-state index >= 15 is 0 Å². The maximum Gasteiger partial charge on any atom is 0.0322 e. The van der Waals surface area contributed by atoms with Crippen molar-refractivity contribution in [1.82, 2.24) is 10.4 Å². The second-order valence-corrected chi connectivity index (χ2v) is 2.08. The summed E-state index contributed by atoms with van der Waals surface area (Å²) >= 11 is 0. The Balaban J connectivity index is 2.33. The van der Waals surface area contributed by atoms with Gasteiger partial charge in [0.25, 0.3) is 0 Å². The normalized spacial score (nSPS) is 34.3. The van der Waals surface area contributed by atoms with Crippen LogP contribution in [0, 0.1) is 0 Å². The summed E-state index contributed by atoms with van der Waals surface area (Å²) in [5.74, 6) is 0. The Kier molecular flexibility index (Phi) is 1.30. The quantitative estimate of drug-likeness (QED) is 0.425. The molecule has 1 radical (unpaired) electrons. The predicted octanol–water partition coefficient (Wildman–Crippen LogP) is 0.230. The van der Waals surface area contributed by atoms with Gasteiger partial charge in [0, 0.05) is 19.6 Å². The Labute approximate surface area is 44.5 Å². The summed E-state index contributed by atoms with van der Waals surface area (Å²) in [6, 6.07) is 0.681. The summed E-state index contributed by atoms with van der Waals surface area (Å²) in [7, 11) is 2.03. The molecule has 1 unspecified atom stereocenters. The molecule has 0 aromatic rings. The monoisotopic (exact) mass is 99.1 g/mol. The van der Waals surface area contributed by atoms with E-state index in [-0.39, 0.29) is 0 Å². The highest BCUT2D eigenvalue weighted by atomic mass is 15.5. The van der Waals surface area contributed by atoms with Gasteiger partial charge in [-0.25, -0.2) is 5.01 Å². The molecular weight excluding hydrogens is 88.1 g/mol. The molecule has 1 fully saturated rings. The SMILES string of the molecule is CC1CC[N]N1C. The zero-order valence-corrected chi connectivity index (χ0v) is 4.89. The molecule has 1 rings (SSSR count). The van der Waals surface area contributed by atoms with Gasteiger partial charge in [-0.05, 0) is 13.3 Å². The molecule has 1 aliphatic heterocycles. The predicted molar refractivity (Wildman–Crippen MR) is 28.8 cm³/mol. The highest BCUT2D eigenvalue weighted by Gasteiger charge is 2.15. The molecule has 0 N–H and O–H groups in total. The fourth-order valence-electron chi connectivity index (χ4n) is 0.729. The van der Waals surface area contributed by atoms with Crippen molar-refractivity contribution in [2.45, 2.75) is 19.4 Å². The summed E-state index contributed by atoms with van der Waals surface area (Å²) in [5.41, 5.74) is 4.15. The molecule has 41 valence electrons. The highest BCUT2D eigenvalue weighted by Crippen LogP contribution is 2.04. The molecule has 0 saturated carbocycles. The molecule has 1 saturated heterocycles. The zero-order chi connectivity index (χ0) is 5.28. The van der Waals surface area contributed by atoms with Gasteiger partial charge in [-0.1, -0.05) is 0 Å². The summed E-state index contributed by atoms with van der Waals surface area (Å²) in [5, 5.41) is 2.03. The molecule has 1 aliphatic rings. The number of rotatable bonds is 0. The first-order valence-electron chi connectivity index (χ1n) is 2.71. The van der Waals surface area contributed by atoms with Crippen molar-refractivity contribution in [1.29, 1.82) is 0 Å². The number of nitrogens with zero attached hydrogens (tertiary/aromatic N) is 2. The second kappa shape index (κ2) is 1.80. The summed E-state index contributed by atoms with van der Waals surface area (Å²) in [6.07, 6.45) is 1.23. The topological polar surface area (TPSA) is 17.3 Å². The summed E-state index contributed by atoms with van der Waals surface area (Å²) < 4.78 is 0. The van der Waals surface area contributed by atoms with Crippen molar-refractivity contribution in [2.24, 2.45) is 0 Å². The summed E-state index contributed by atoms with van der Waals surface area (Å²) in [6.45, 7) is 3.22. The van der Waals surface area contributed by atoms with Crippen molar-refractivity contribution in [2.75, 3.05) is 13.6 Å². The van der Waals surface area contributed by atoms with Crippen LogP contribution in [-0.4, -0.2) is 24.6 Å². The van der Waals surface area contributed by atoms with E-state index in [0.717, 1.165) is 6.54 Å². The van der Waals surface area contributed by atoms with Gasteiger partial charge in [0.1, 0.15) is 0 Å². The van der Waals surface area contributed by atoms with Crippen molar-refractivity contribution < 1.29 is 0 Å². The van der Waals surface area contributed by atoms with Gasteiger partial charge in [-0.2, -0.15) is 5.43 Å². The largest absolute Gasteiger partial charge is 0.227 e. The Morgan fingerprint density at radius 3 is 2.57 bits per heavy atom. The molecule has 0 bridgehead atoms. The minimum atomic E-state index is 0.681. The van der Waals surface area contributed by atoms with E-state index in [9.17, 15) is 0 Å². The van der Waals surface area contributed by atoms with E-state index in [2.05, 4.69) is 12.3 Å². The van der Waals surface area contributed by atoms with E-state index in [4.69, 9.17) is 0 Å². The third-order valence-corrected chi connectivity index (χ3v) is 1.51. The molecule has 0 amide bonds. The number of hydrogen-bond acceptors (Lipinski definition) is 1. The van der Waals surface area contributed by atoms with Crippen LogP contribution in [0.4, 0.5) is 0 Å². The van der Waals surface area contributed by atoms with Gasteiger partial charge in [0.15, 0.2) is 0 Å². The van der Waals surface area contributed by atoms with Crippen molar-refractivity contribution >= 4 is 0 Å². The molecule has 0 aliphatic carbocycles. The lowest BCUT2D eigenvalue weighted by atomic mass is 10.3. The second-order valence-electron chi connectivity index (χ2n) is 2.08. The molecule has 1 atom stereocenters. The molecule has 2 heteroatoms. The van der Waals surface area contributed by atoms with E-state index in [1.165, 1.54) is 6.42 Å². The Morgan fingerprint density at radius 2 is 2.43 bits per heavy atom. The Hall–Kier alpha value is -0.0800. The maximum absolute atomic E-state index is 4.15. The fourth-order valence-corrected chi connectivity index (χ4v) is 0.729. The Morgan fingerprint density at radius 1 is 1.71 bits per heavy atom. The van der Waals surface area contributed by atoms with Gasteiger partial charge < -0.3 is 0 Å². The molecule has 0 aromatic carbocycles. The van der Waals surface area contributed by atoms with Crippen molar-refractivity contribution in [3.63, 3.8) is 0 Å². The van der Waals surface area contributed by atoms with Gasteiger partial charge >= 0.3 is 0 Å². The average Bonchev–Trinajstić information content (AvgIpc) is 1.91. The highest BCUT2D eigenvalue weighted by molar-refractivity contribution is 4.66. The first-order chi connectivity index (χ1) is 3.30. The van der Waals surface area contributed by atoms with E-state index in [1.54, 1.807) is 0 Å². The molecule has 0 aromatic heterocycles. The van der Waals surface area contributed by atoms with Crippen molar-refractivity contribution in [3.8, 4) is 0 Å². The van der Waals surface area contributed by atoms with Crippen LogP contribution in [0.3, 0.4) is 0 Å². The van der Waals surface area contributed by atoms with Gasteiger partial charge in [0.05, 0.1) is 0 Å². The third kappa shape index (κ3) is 0.924. The Bertz CT molecular complexity index is 55.1. The molecule has 2 nitrogen and oxygen atoms in total. The fraction of sp³-hybridized carbons (Fsp3) is 1.00. The minimum absolute atomic E-state index is 0.681. The van der Waals surface area contributed by atoms with Crippen LogP contribution < -0.4 is 5.43 Å². The third-order valence-electron chi connectivity index (χ3n) is 1.51. The van der Waals surface area contributed by atoms with Crippen LogP contribution in [0.2, 0.25) is 0 Å². The molecule has 0 spiro atoms. The average molecular weight is 99.2 g/mol. The first-order valence-corrected chi connectivity index (χ1v) is 2.71. The summed E-state index contributed by atoms with van der Waals surface area (Å²) in [4.78, 5) is 0. The zero-order valence-electron chi connectivity index (χ0n) is 4.89. The van der Waals surface area contributed by atoms with Gasteiger partial charge in [-0.3, -0.25) is 0 Å². The lowest BCUT2D eigenvalue weighted by Gasteiger charge is -2.10. The van der Waals surface area contributed by atoms with Crippen molar-refractivity contribution in [3.05, 3.63) is 0 Å². The van der Waals surface area contributed by atoms with Crippen LogP contribution in [0.1, 0.15) is 13.3 Å². The van der Waals surface area contributed by atoms with E-state index in [1.807, 2.05) is 12.1 Å². The molecule has 1 heterocycles. The molecule has 7 heavy (non-hydrogen) atoms. The van der Waals surface area contributed by atoms with E-state index < -0.39 is 0 Å². The molecular formula is C5H11N2. The standard InChI is InChI=1S/C5H11N2/c1-5-3-4-6-7(5)2/h5H,3-4H2,1-2H3. The maximum atomic E-state index is 4.15. The van der Waals surface area contributed by atoms with Gasteiger partial charge in [0.2, 0.25) is 0 Å². The van der Waals surface area contributed by atoms with Crippen LogP contribution in [0.5, 0.6) is 0 Å². The smallest absolute Gasteiger partial charge is 0.0322 e. The number of hydrogen-bond donors (Lipinski definition) is 0. The van der Waals surface area contributed by atoms with Crippen LogP contribution in [-0.2, 0) is 0 Å². The van der Waals surface area contributed by atoms with Crippen LogP contribution in [0.15, 0.2) is 0 Å².